The van der Waals surface area contributed by atoms with Crippen LogP contribution in [0.5, 0.6) is 0 Å². The van der Waals surface area contributed by atoms with Gasteiger partial charge in [0, 0.05) is 0 Å². The Hall–Kier alpha value is -0.960. The first-order chi connectivity index (χ1) is 9.02. The number of carboxylic acids is 2. The molecule has 1 rings (SSSR count). The van der Waals surface area contributed by atoms with E-state index in [1.54, 1.807) is 0 Å². The molecule has 0 spiro atoms. The number of rotatable bonds is 6. The number of hydrogen-bond acceptors (Lipinski definition) is 5. The van der Waals surface area contributed by atoms with Gasteiger partial charge in [0.1, 0.15) is 0 Å². The number of aliphatic hydroxyl groups excluding tert-OH is 2. The van der Waals surface area contributed by atoms with Crippen molar-refractivity contribution in [2.75, 3.05) is 26.4 Å². The summed E-state index contributed by atoms with van der Waals surface area (Å²) >= 11 is 0. The molecule has 0 aromatic heterocycles. The van der Waals surface area contributed by atoms with E-state index in [1.165, 1.54) is 18.2 Å². The van der Waals surface area contributed by atoms with Crippen molar-refractivity contribution in [3.8, 4) is 0 Å². The van der Waals surface area contributed by atoms with Gasteiger partial charge in [0.15, 0.2) is 0 Å². The third-order valence-corrected chi connectivity index (χ3v) is 1.83. The van der Waals surface area contributed by atoms with E-state index in [9.17, 15) is 9.59 Å². The van der Waals surface area contributed by atoms with E-state index in [-0.39, 0.29) is 53.9 Å². The Kier molecular flexibility index (Phi) is 13.9. The fourth-order valence-electron chi connectivity index (χ4n) is 1.02. The van der Waals surface area contributed by atoms with Crippen LogP contribution in [0.15, 0.2) is 24.3 Å². The SMILES string of the molecule is O=C(O)c1cccc(C(=O)O)c1.OCCOCCO.[NaH]. The molecule has 0 bridgehead atoms. The molecule has 0 aliphatic heterocycles. The van der Waals surface area contributed by atoms with E-state index in [0.29, 0.717) is 13.2 Å². The van der Waals surface area contributed by atoms with Crippen molar-refractivity contribution in [1.29, 1.82) is 0 Å². The molecule has 108 valence electrons. The fraction of sp³-hybridized carbons (Fsp3) is 0.333. The summed E-state index contributed by atoms with van der Waals surface area (Å²) in [6, 6.07) is 5.20. The molecule has 7 nitrogen and oxygen atoms in total. The van der Waals surface area contributed by atoms with Gasteiger partial charge in [-0.15, -0.1) is 0 Å². The molecule has 8 heteroatoms. The first-order valence-corrected chi connectivity index (χ1v) is 5.39. The van der Waals surface area contributed by atoms with Crippen molar-refractivity contribution in [1.82, 2.24) is 0 Å². The zero-order valence-electron chi connectivity index (χ0n) is 10.2. The van der Waals surface area contributed by atoms with Gasteiger partial charge in [-0.1, -0.05) is 6.07 Å². The molecular weight excluding hydrogens is 279 g/mol. The second kappa shape index (κ2) is 13.0. The first-order valence-electron chi connectivity index (χ1n) is 5.39. The van der Waals surface area contributed by atoms with Crippen molar-refractivity contribution in [3.05, 3.63) is 35.4 Å². The van der Waals surface area contributed by atoms with Gasteiger partial charge in [-0.25, -0.2) is 9.59 Å². The summed E-state index contributed by atoms with van der Waals surface area (Å²) in [5, 5.41) is 33.2. The average molecular weight is 296 g/mol. The summed E-state index contributed by atoms with van der Waals surface area (Å²) in [5.74, 6) is -2.25. The molecule has 0 atom stereocenters. The van der Waals surface area contributed by atoms with Gasteiger partial charge in [-0.3, -0.25) is 0 Å². The molecule has 0 aliphatic rings. The van der Waals surface area contributed by atoms with E-state index >= 15 is 0 Å². The van der Waals surface area contributed by atoms with Crippen LogP contribution in [0.1, 0.15) is 20.7 Å². The molecule has 0 radical (unpaired) electrons. The molecular formula is C12H17NaO7. The molecule has 0 unspecified atom stereocenters. The van der Waals surface area contributed by atoms with Crippen molar-refractivity contribution < 1.29 is 34.8 Å². The summed E-state index contributed by atoms with van der Waals surface area (Å²) in [5.41, 5.74) is -0.0372. The number of carbonyl (C=O) groups is 2. The molecule has 0 saturated carbocycles. The Morgan fingerprint density at radius 3 is 1.65 bits per heavy atom. The number of carboxylic acid groups (broad SMARTS) is 2. The Labute approximate surface area is 138 Å². The first kappa shape index (κ1) is 21.3. The van der Waals surface area contributed by atoms with Gasteiger partial charge in [0.25, 0.3) is 0 Å². The number of benzene rings is 1. The monoisotopic (exact) mass is 296 g/mol. The minimum atomic E-state index is -1.13. The number of aliphatic hydroxyl groups is 2. The van der Waals surface area contributed by atoms with Gasteiger partial charge in [0.05, 0.1) is 37.6 Å². The molecule has 0 heterocycles. The zero-order chi connectivity index (χ0) is 14.7. The van der Waals surface area contributed by atoms with E-state index in [0.717, 1.165) is 6.07 Å². The van der Waals surface area contributed by atoms with E-state index in [1.807, 2.05) is 0 Å². The normalized spacial score (nSPS) is 8.90. The number of hydrogen-bond donors (Lipinski definition) is 4. The quantitative estimate of drug-likeness (QED) is 0.409. The standard InChI is InChI=1S/C8H6O4.C4H10O3.Na.H/c9-7(10)5-2-1-3-6(4-5)8(11)12;5-1-3-7-4-2-6;;/h1-4H,(H,9,10)(H,11,12);5-6H,1-4H2;;. The minimum absolute atomic E-state index is 0. The summed E-state index contributed by atoms with van der Waals surface area (Å²) in [7, 11) is 0. The van der Waals surface area contributed by atoms with Crippen molar-refractivity contribution in [2.24, 2.45) is 0 Å². The van der Waals surface area contributed by atoms with E-state index in [4.69, 9.17) is 20.4 Å². The van der Waals surface area contributed by atoms with Crippen LogP contribution < -0.4 is 0 Å². The third-order valence-electron chi connectivity index (χ3n) is 1.83. The average Bonchev–Trinajstić information content (AvgIpc) is 2.40. The van der Waals surface area contributed by atoms with Crippen LogP contribution in [0.2, 0.25) is 0 Å². The Balaban J connectivity index is 0. The molecule has 20 heavy (non-hydrogen) atoms. The molecule has 0 aliphatic carbocycles. The van der Waals surface area contributed by atoms with Crippen molar-refractivity contribution in [2.45, 2.75) is 0 Å². The van der Waals surface area contributed by atoms with Gasteiger partial charge in [0.2, 0.25) is 0 Å². The van der Waals surface area contributed by atoms with Crippen LogP contribution >= 0.6 is 0 Å². The molecule has 1 aromatic rings. The van der Waals surface area contributed by atoms with Crippen LogP contribution in [-0.4, -0.2) is 88.3 Å². The molecule has 0 fully saturated rings. The van der Waals surface area contributed by atoms with Gasteiger partial charge < -0.3 is 25.2 Å². The van der Waals surface area contributed by atoms with Crippen LogP contribution in [0.3, 0.4) is 0 Å². The molecule has 4 N–H and O–H groups in total. The third kappa shape index (κ3) is 9.90. The zero-order valence-corrected chi connectivity index (χ0v) is 10.2. The van der Waals surface area contributed by atoms with Crippen LogP contribution in [0.4, 0.5) is 0 Å². The Morgan fingerprint density at radius 1 is 0.950 bits per heavy atom. The van der Waals surface area contributed by atoms with Gasteiger partial charge in [-0.2, -0.15) is 0 Å². The number of aromatic carboxylic acids is 2. The maximum absolute atomic E-state index is 10.4. The topological polar surface area (TPSA) is 124 Å². The molecule has 0 amide bonds. The fourth-order valence-corrected chi connectivity index (χ4v) is 1.02. The second-order valence-electron chi connectivity index (χ2n) is 3.25. The predicted octanol–water partition coefficient (Wildman–Crippen LogP) is -0.578. The summed E-state index contributed by atoms with van der Waals surface area (Å²) in [6.45, 7) is 0.696. The van der Waals surface area contributed by atoms with Crippen LogP contribution in [0, 0.1) is 0 Å². The van der Waals surface area contributed by atoms with Crippen molar-refractivity contribution >= 4 is 41.5 Å². The predicted molar refractivity (Wildman–Crippen MR) is 72.5 cm³/mol. The van der Waals surface area contributed by atoms with Gasteiger partial charge >= 0.3 is 41.5 Å². The van der Waals surface area contributed by atoms with Crippen molar-refractivity contribution in [3.63, 3.8) is 0 Å². The van der Waals surface area contributed by atoms with Gasteiger partial charge in [-0.05, 0) is 18.2 Å². The Morgan fingerprint density at radius 2 is 1.35 bits per heavy atom. The van der Waals surface area contributed by atoms with E-state index in [2.05, 4.69) is 4.74 Å². The maximum atomic E-state index is 10.4. The molecule has 0 saturated heterocycles. The van der Waals surface area contributed by atoms with Crippen LogP contribution in [0.25, 0.3) is 0 Å². The second-order valence-corrected chi connectivity index (χ2v) is 3.25. The Bertz CT molecular complexity index is 375. The summed E-state index contributed by atoms with van der Waals surface area (Å²) in [4.78, 5) is 20.8. The number of ether oxygens (including phenoxy) is 1. The summed E-state index contributed by atoms with van der Waals surface area (Å²) in [6.07, 6.45) is 0. The summed E-state index contributed by atoms with van der Waals surface area (Å²) < 4.78 is 4.63. The van der Waals surface area contributed by atoms with Crippen LogP contribution in [-0.2, 0) is 4.74 Å². The van der Waals surface area contributed by atoms with E-state index < -0.39 is 11.9 Å². The molecule has 1 aromatic carbocycles.